The van der Waals surface area contributed by atoms with Crippen molar-refractivity contribution in [3.05, 3.63) is 60.7 Å². The molecule has 0 aliphatic rings. The molecule has 2 nitrogen and oxygen atoms in total. The first kappa shape index (κ1) is 13.7. The molecule has 0 spiro atoms. The summed E-state index contributed by atoms with van der Waals surface area (Å²) in [5.74, 6) is 0.0408. The van der Waals surface area contributed by atoms with Gasteiger partial charge >= 0.3 is 51.4 Å². The summed E-state index contributed by atoms with van der Waals surface area (Å²) < 4.78 is 0. The molecule has 0 unspecified atom stereocenters. The SMILES string of the molecule is [K+].[O-]c1ccccc1-c1ccc2ccccc2[nH+]1. The van der Waals surface area contributed by atoms with E-state index in [1.54, 1.807) is 12.1 Å². The molecule has 0 aliphatic carbocycles. The third-order valence-corrected chi connectivity index (χ3v) is 2.84. The van der Waals surface area contributed by atoms with E-state index in [0.717, 1.165) is 16.6 Å². The number of H-pyrrole nitrogens is 1. The quantitative estimate of drug-likeness (QED) is 0.538. The molecule has 18 heavy (non-hydrogen) atoms. The van der Waals surface area contributed by atoms with Gasteiger partial charge in [0.25, 0.3) is 0 Å². The molecule has 3 aromatic rings. The molecule has 3 rings (SSSR count). The van der Waals surface area contributed by atoms with Gasteiger partial charge in [0.2, 0.25) is 11.2 Å². The molecule has 82 valence electrons. The number of fused-ring (bicyclic) bond motifs is 1. The number of para-hydroxylation sites is 2. The molecule has 0 bridgehead atoms. The third-order valence-electron chi connectivity index (χ3n) is 2.84. The van der Waals surface area contributed by atoms with Crippen LogP contribution in [-0.2, 0) is 0 Å². The van der Waals surface area contributed by atoms with Crippen molar-refractivity contribution < 1.29 is 61.5 Å². The van der Waals surface area contributed by atoms with Gasteiger partial charge in [-0.2, -0.15) is 0 Å². The average molecular weight is 260 g/mol. The van der Waals surface area contributed by atoms with Crippen molar-refractivity contribution in [2.45, 2.75) is 0 Å². The number of rotatable bonds is 1. The minimum absolute atomic E-state index is 0. The van der Waals surface area contributed by atoms with Crippen molar-refractivity contribution in [2.75, 3.05) is 0 Å². The van der Waals surface area contributed by atoms with Crippen LogP contribution in [0.5, 0.6) is 5.75 Å². The fourth-order valence-electron chi connectivity index (χ4n) is 1.96. The Morgan fingerprint density at radius 3 is 2.33 bits per heavy atom. The summed E-state index contributed by atoms with van der Waals surface area (Å²) in [5.41, 5.74) is 2.60. The molecule has 0 saturated carbocycles. The zero-order valence-electron chi connectivity index (χ0n) is 10.2. The number of aromatic amines is 1. The smallest absolute Gasteiger partial charge is 0.872 e. The van der Waals surface area contributed by atoms with Gasteiger partial charge in [-0.05, 0) is 18.2 Å². The van der Waals surface area contributed by atoms with Crippen molar-refractivity contribution in [2.24, 2.45) is 0 Å². The van der Waals surface area contributed by atoms with Gasteiger partial charge in [-0.25, -0.2) is 4.98 Å². The largest absolute Gasteiger partial charge is 1.00 e. The van der Waals surface area contributed by atoms with E-state index in [4.69, 9.17) is 0 Å². The number of aromatic nitrogens is 1. The van der Waals surface area contributed by atoms with Crippen LogP contribution < -0.4 is 61.5 Å². The molecule has 2 aromatic carbocycles. The first-order valence-electron chi connectivity index (χ1n) is 5.52. The maximum Gasteiger partial charge on any atom is 1.00 e. The summed E-state index contributed by atoms with van der Waals surface area (Å²) in [7, 11) is 0. The zero-order valence-corrected chi connectivity index (χ0v) is 13.3. The van der Waals surface area contributed by atoms with E-state index in [9.17, 15) is 5.11 Å². The monoisotopic (exact) mass is 260 g/mol. The van der Waals surface area contributed by atoms with Gasteiger partial charge in [-0.3, -0.25) is 0 Å². The summed E-state index contributed by atoms with van der Waals surface area (Å²) in [4.78, 5) is 3.28. The number of pyridine rings is 1. The van der Waals surface area contributed by atoms with Crippen molar-refractivity contribution in [1.29, 1.82) is 0 Å². The van der Waals surface area contributed by atoms with E-state index in [-0.39, 0.29) is 57.1 Å². The summed E-state index contributed by atoms with van der Waals surface area (Å²) in [5, 5.41) is 12.9. The van der Waals surface area contributed by atoms with E-state index in [1.807, 2.05) is 48.5 Å². The van der Waals surface area contributed by atoms with Gasteiger partial charge in [0, 0.05) is 23.1 Å². The Bertz CT molecular complexity index is 682. The Morgan fingerprint density at radius 2 is 1.50 bits per heavy atom. The van der Waals surface area contributed by atoms with E-state index < -0.39 is 0 Å². The minimum Gasteiger partial charge on any atom is -0.872 e. The van der Waals surface area contributed by atoms with E-state index in [1.165, 1.54) is 0 Å². The molecular weight excluding hydrogens is 249 g/mol. The molecule has 0 radical (unpaired) electrons. The van der Waals surface area contributed by atoms with Gasteiger partial charge in [-0.15, -0.1) is 0 Å². The van der Waals surface area contributed by atoms with Crippen molar-refractivity contribution in [3.63, 3.8) is 0 Å². The van der Waals surface area contributed by atoms with E-state index in [2.05, 4.69) is 4.98 Å². The summed E-state index contributed by atoms with van der Waals surface area (Å²) in [6.45, 7) is 0. The molecule has 1 aromatic heterocycles. The Hall–Kier alpha value is -0.714. The van der Waals surface area contributed by atoms with E-state index >= 15 is 0 Å². The fourth-order valence-corrected chi connectivity index (χ4v) is 1.96. The van der Waals surface area contributed by atoms with Crippen molar-refractivity contribution >= 4 is 10.9 Å². The Balaban J connectivity index is 0.00000120. The van der Waals surface area contributed by atoms with Crippen LogP contribution in [0.25, 0.3) is 22.2 Å². The number of hydrogen-bond acceptors (Lipinski definition) is 1. The normalized spacial score (nSPS) is 10.0. The van der Waals surface area contributed by atoms with Crippen LogP contribution in [0, 0.1) is 0 Å². The van der Waals surface area contributed by atoms with Gasteiger partial charge in [-0.1, -0.05) is 36.1 Å². The number of benzene rings is 2. The molecular formula is C15H11KNO+. The van der Waals surface area contributed by atoms with Crippen molar-refractivity contribution in [1.82, 2.24) is 0 Å². The second-order valence-electron chi connectivity index (χ2n) is 3.96. The van der Waals surface area contributed by atoms with E-state index in [0.29, 0.717) is 5.56 Å². The van der Waals surface area contributed by atoms with Gasteiger partial charge in [0.15, 0.2) is 0 Å². The Labute approximate surface area is 148 Å². The molecule has 1 N–H and O–H groups in total. The zero-order chi connectivity index (χ0) is 11.7. The van der Waals surface area contributed by atoms with Crippen LogP contribution in [0.3, 0.4) is 0 Å². The fraction of sp³-hybridized carbons (Fsp3) is 0. The van der Waals surface area contributed by atoms with Crippen LogP contribution in [-0.4, -0.2) is 0 Å². The number of hydrogen-bond donors (Lipinski definition) is 0. The van der Waals surface area contributed by atoms with Crippen molar-refractivity contribution in [3.8, 4) is 17.0 Å². The minimum atomic E-state index is 0. The molecule has 3 heteroatoms. The topological polar surface area (TPSA) is 37.2 Å². The van der Waals surface area contributed by atoms with Gasteiger partial charge in [0.1, 0.15) is 0 Å². The maximum atomic E-state index is 11.7. The molecule has 0 atom stereocenters. The van der Waals surface area contributed by atoms with Crippen LogP contribution in [0.4, 0.5) is 0 Å². The maximum absolute atomic E-state index is 11.7. The Kier molecular flexibility index (Phi) is 4.53. The van der Waals surface area contributed by atoms with Gasteiger partial charge in [0.05, 0.1) is 0 Å². The predicted molar refractivity (Wildman–Crippen MR) is 65.4 cm³/mol. The summed E-state index contributed by atoms with van der Waals surface area (Å²) in [6.07, 6.45) is 0. The van der Waals surface area contributed by atoms with Crippen LogP contribution in [0.2, 0.25) is 0 Å². The molecule has 0 aliphatic heterocycles. The standard InChI is InChI=1S/C15H11NO.K/c17-15-8-4-2-6-12(15)14-10-9-11-5-1-3-7-13(11)16-14;/h1-10,17H;/q;+1. The molecule has 1 heterocycles. The van der Waals surface area contributed by atoms with Crippen LogP contribution in [0.15, 0.2) is 60.7 Å². The first-order valence-corrected chi connectivity index (χ1v) is 5.52. The van der Waals surface area contributed by atoms with Crippen LogP contribution >= 0.6 is 0 Å². The molecule has 0 saturated heterocycles. The Morgan fingerprint density at radius 1 is 0.778 bits per heavy atom. The average Bonchev–Trinajstić information content (AvgIpc) is 2.39. The third kappa shape index (κ3) is 2.65. The second kappa shape index (κ2) is 5.95. The second-order valence-corrected chi connectivity index (χ2v) is 3.96. The number of nitrogens with one attached hydrogen (secondary N) is 1. The van der Waals surface area contributed by atoms with Gasteiger partial charge < -0.3 is 5.11 Å². The first-order chi connectivity index (χ1) is 8.34. The molecule has 0 fully saturated rings. The molecule has 0 amide bonds. The summed E-state index contributed by atoms with van der Waals surface area (Å²) in [6, 6.07) is 19.0. The summed E-state index contributed by atoms with van der Waals surface area (Å²) >= 11 is 0. The van der Waals surface area contributed by atoms with Crippen LogP contribution in [0.1, 0.15) is 0 Å². The predicted octanol–water partition coefficient (Wildman–Crippen LogP) is -0.602.